The maximum atomic E-state index is 5.38. The highest BCUT2D eigenvalue weighted by atomic mass is 32.1. The number of nitrogens with zero attached hydrogens (tertiary/aromatic N) is 5. The molecular formula is C17H25N5OS. The van der Waals surface area contributed by atoms with Crippen LogP contribution in [-0.4, -0.2) is 51.1 Å². The lowest BCUT2D eigenvalue weighted by Gasteiger charge is -2.37. The Morgan fingerprint density at radius 1 is 1.38 bits per heavy atom. The first-order chi connectivity index (χ1) is 11.7. The average Bonchev–Trinajstić information content (AvgIpc) is 3.19. The van der Waals surface area contributed by atoms with Crippen LogP contribution < -0.4 is 0 Å². The summed E-state index contributed by atoms with van der Waals surface area (Å²) in [5.41, 5.74) is 0. The second-order valence-corrected chi connectivity index (χ2v) is 8.43. The van der Waals surface area contributed by atoms with Gasteiger partial charge in [-0.05, 0) is 46.2 Å². The normalized spacial score (nSPS) is 22.4. The zero-order valence-corrected chi connectivity index (χ0v) is 15.3. The van der Waals surface area contributed by atoms with E-state index in [1.807, 2.05) is 6.20 Å². The molecule has 0 bridgehead atoms. The third-order valence-electron chi connectivity index (χ3n) is 4.95. The summed E-state index contributed by atoms with van der Waals surface area (Å²) in [6.07, 6.45) is 6.90. The topological polar surface area (TPSA) is 58.3 Å². The predicted octanol–water partition coefficient (Wildman–Crippen LogP) is 2.81. The summed E-state index contributed by atoms with van der Waals surface area (Å²) in [5, 5.41) is 5.31. The van der Waals surface area contributed by atoms with E-state index in [0.717, 1.165) is 42.9 Å². The van der Waals surface area contributed by atoms with Gasteiger partial charge in [-0.2, -0.15) is 4.98 Å². The lowest BCUT2D eigenvalue weighted by molar-refractivity contribution is 0.105. The molecule has 0 radical (unpaired) electrons. The highest BCUT2D eigenvalue weighted by molar-refractivity contribution is 7.11. The molecule has 0 unspecified atom stereocenters. The fourth-order valence-corrected chi connectivity index (χ4v) is 4.27. The Morgan fingerprint density at radius 2 is 2.25 bits per heavy atom. The number of aryl methyl sites for hydroxylation is 1. The van der Waals surface area contributed by atoms with Crippen LogP contribution in [0.5, 0.6) is 0 Å². The quantitative estimate of drug-likeness (QED) is 0.801. The van der Waals surface area contributed by atoms with Crippen molar-refractivity contribution in [3.8, 4) is 0 Å². The first kappa shape index (κ1) is 16.2. The summed E-state index contributed by atoms with van der Waals surface area (Å²) in [4.78, 5) is 15.2. The fraction of sp³-hybridized carbons (Fsp3) is 0.706. The Kier molecular flexibility index (Phi) is 4.65. The highest BCUT2D eigenvalue weighted by Crippen LogP contribution is 2.38. The van der Waals surface area contributed by atoms with E-state index in [1.54, 1.807) is 11.3 Å². The van der Waals surface area contributed by atoms with Gasteiger partial charge in [0.15, 0.2) is 5.82 Å². The molecule has 6 nitrogen and oxygen atoms in total. The van der Waals surface area contributed by atoms with Crippen molar-refractivity contribution in [2.24, 2.45) is 0 Å². The van der Waals surface area contributed by atoms with E-state index in [9.17, 15) is 0 Å². The first-order valence-corrected chi connectivity index (χ1v) is 9.65. The molecule has 1 aliphatic heterocycles. The lowest BCUT2D eigenvalue weighted by atomic mass is 10.0. The van der Waals surface area contributed by atoms with Crippen molar-refractivity contribution >= 4 is 11.3 Å². The third kappa shape index (κ3) is 3.84. The van der Waals surface area contributed by atoms with Crippen LogP contribution in [-0.2, 0) is 13.1 Å². The molecular weight excluding hydrogens is 322 g/mol. The third-order valence-corrected chi connectivity index (χ3v) is 5.85. The first-order valence-electron chi connectivity index (χ1n) is 8.84. The average molecular weight is 347 g/mol. The number of hydrogen-bond acceptors (Lipinski definition) is 7. The Morgan fingerprint density at radius 3 is 3.00 bits per heavy atom. The number of hydrogen-bond donors (Lipinski definition) is 0. The van der Waals surface area contributed by atoms with Gasteiger partial charge in [-0.25, -0.2) is 4.98 Å². The Hall–Kier alpha value is -1.31. The monoisotopic (exact) mass is 347 g/mol. The predicted molar refractivity (Wildman–Crippen MR) is 92.9 cm³/mol. The zero-order chi connectivity index (χ0) is 16.5. The van der Waals surface area contributed by atoms with Gasteiger partial charge in [0.25, 0.3) is 0 Å². The van der Waals surface area contributed by atoms with Crippen LogP contribution >= 0.6 is 11.3 Å². The molecule has 1 saturated heterocycles. The Bertz CT molecular complexity index is 680. The van der Waals surface area contributed by atoms with Gasteiger partial charge in [0.2, 0.25) is 5.89 Å². The van der Waals surface area contributed by atoms with Gasteiger partial charge >= 0.3 is 0 Å². The molecule has 2 fully saturated rings. The molecule has 2 aliphatic rings. The highest BCUT2D eigenvalue weighted by Gasteiger charge is 2.30. The van der Waals surface area contributed by atoms with Crippen molar-refractivity contribution < 1.29 is 4.52 Å². The van der Waals surface area contributed by atoms with E-state index in [2.05, 4.69) is 38.9 Å². The van der Waals surface area contributed by atoms with Crippen molar-refractivity contribution in [2.75, 3.05) is 20.1 Å². The molecule has 7 heteroatoms. The van der Waals surface area contributed by atoms with E-state index in [-0.39, 0.29) is 0 Å². The van der Waals surface area contributed by atoms with Crippen LogP contribution in [0.4, 0.5) is 0 Å². The number of piperidine rings is 1. The van der Waals surface area contributed by atoms with Gasteiger partial charge in [0, 0.05) is 36.1 Å². The maximum absolute atomic E-state index is 5.38. The molecule has 0 spiro atoms. The summed E-state index contributed by atoms with van der Waals surface area (Å²) < 4.78 is 5.38. The van der Waals surface area contributed by atoms with Gasteiger partial charge in [-0.3, -0.25) is 9.80 Å². The molecule has 1 atom stereocenters. The number of thiazole rings is 1. The van der Waals surface area contributed by atoms with Crippen molar-refractivity contribution in [3.63, 3.8) is 0 Å². The van der Waals surface area contributed by atoms with Gasteiger partial charge < -0.3 is 4.52 Å². The van der Waals surface area contributed by atoms with Crippen LogP contribution in [0.15, 0.2) is 10.7 Å². The molecule has 0 aromatic carbocycles. The van der Waals surface area contributed by atoms with Gasteiger partial charge in [0.05, 0.1) is 11.6 Å². The van der Waals surface area contributed by atoms with Gasteiger partial charge in [0.1, 0.15) is 0 Å². The second-order valence-electron chi connectivity index (χ2n) is 7.11. The number of aromatic nitrogens is 3. The van der Waals surface area contributed by atoms with E-state index in [1.165, 1.54) is 30.6 Å². The summed E-state index contributed by atoms with van der Waals surface area (Å²) in [6.45, 7) is 6.05. The maximum Gasteiger partial charge on any atom is 0.229 e. The molecule has 2 aromatic heterocycles. The zero-order valence-electron chi connectivity index (χ0n) is 14.4. The smallest absolute Gasteiger partial charge is 0.229 e. The minimum Gasteiger partial charge on any atom is -0.339 e. The van der Waals surface area contributed by atoms with Crippen molar-refractivity contribution in [1.29, 1.82) is 0 Å². The summed E-state index contributed by atoms with van der Waals surface area (Å²) in [7, 11) is 2.22. The van der Waals surface area contributed by atoms with Crippen LogP contribution in [0, 0.1) is 6.92 Å². The van der Waals surface area contributed by atoms with E-state index in [0.29, 0.717) is 12.0 Å². The van der Waals surface area contributed by atoms with E-state index >= 15 is 0 Å². The van der Waals surface area contributed by atoms with Crippen LogP contribution in [0.2, 0.25) is 0 Å². The molecule has 2 aromatic rings. The second kappa shape index (κ2) is 6.90. The molecule has 1 saturated carbocycles. The van der Waals surface area contributed by atoms with Crippen LogP contribution in [0.1, 0.15) is 53.2 Å². The van der Waals surface area contributed by atoms with E-state index < -0.39 is 0 Å². The fourth-order valence-electron chi connectivity index (χ4n) is 3.42. The Balaban J connectivity index is 1.32. The van der Waals surface area contributed by atoms with Crippen molar-refractivity contribution in [1.82, 2.24) is 24.9 Å². The molecule has 4 rings (SSSR count). The van der Waals surface area contributed by atoms with E-state index in [4.69, 9.17) is 4.52 Å². The molecule has 0 amide bonds. The minimum atomic E-state index is 0.536. The van der Waals surface area contributed by atoms with Crippen LogP contribution in [0.25, 0.3) is 0 Å². The SMILES string of the molecule is Cc1ncc(CN(C)[C@@H]2CCCN(Cc3noc(C4CC4)n3)C2)s1. The number of rotatable bonds is 6. The van der Waals surface area contributed by atoms with Gasteiger partial charge in [-0.15, -0.1) is 11.3 Å². The molecule has 0 N–H and O–H groups in total. The lowest BCUT2D eigenvalue weighted by Crippen LogP contribution is -2.45. The molecule has 3 heterocycles. The van der Waals surface area contributed by atoms with Crippen LogP contribution in [0.3, 0.4) is 0 Å². The molecule has 24 heavy (non-hydrogen) atoms. The summed E-state index contributed by atoms with van der Waals surface area (Å²) in [6, 6.07) is 0.580. The largest absolute Gasteiger partial charge is 0.339 e. The number of likely N-dealkylation sites (tertiary alicyclic amines) is 1. The molecule has 1 aliphatic carbocycles. The van der Waals surface area contributed by atoms with Crippen molar-refractivity contribution in [2.45, 2.75) is 57.7 Å². The minimum absolute atomic E-state index is 0.536. The molecule has 130 valence electrons. The van der Waals surface area contributed by atoms with Gasteiger partial charge in [-0.1, -0.05) is 5.16 Å². The number of likely N-dealkylation sites (N-methyl/N-ethyl adjacent to an activating group) is 1. The standard InChI is InChI=1S/C17H25N5OS/c1-12-18-8-15(24-12)10-21(2)14-4-3-7-22(9-14)11-16-19-17(23-20-16)13-5-6-13/h8,13-14H,3-7,9-11H2,1-2H3/t14-/m1/s1. The summed E-state index contributed by atoms with van der Waals surface area (Å²) in [5.74, 6) is 2.23. The Labute approximate surface area is 146 Å². The summed E-state index contributed by atoms with van der Waals surface area (Å²) >= 11 is 1.80. The van der Waals surface area contributed by atoms with Crippen molar-refractivity contribution in [3.05, 3.63) is 27.8 Å².